The monoisotopic (exact) mass is 424 g/mol. The van der Waals surface area contributed by atoms with Gasteiger partial charge in [-0.15, -0.1) is 0 Å². The van der Waals surface area contributed by atoms with E-state index in [2.05, 4.69) is 10.0 Å². The zero-order valence-corrected chi connectivity index (χ0v) is 17.0. The third-order valence-electron chi connectivity index (χ3n) is 3.78. The van der Waals surface area contributed by atoms with Gasteiger partial charge in [0, 0.05) is 11.6 Å². The smallest absolute Gasteiger partial charge is 0.324 e. The average molecular weight is 425 g/mol. The van der Waals surface area contributed by atoms with Crippen LogP contribution in [-0.2, 0) is 30.9 Å². The van der Waals surface area contributed by atoms with E-state index in [1.165, 1.54) is 38.1 Å². The second kappa shape index (κ2) is 9.68. The quantitative estimate of drug-likeness (QED) is 0.633. The molecular weight excluding hydrogens is 404 g/mol. The maximum atomic E-state index is 12.3. The molecule has 0 aliphatic heterocycles. The highest BCUT2D eigenvalue weighted by molar-refractivity contribution is 7.89. The van der Waals surface area contributed by atoms with E-state index in [0.29, 0.717) is 11.6 Å². The molecule has 7 nitrogen and oxygen atoms in total. The minimum Gasteiger partial charge on any atom is -0.451 e. The molecule has 0 radical (unpaired) electrons. The minimum atomic E-state index is -3.93. The lowest BCUT2D eigenvalue weighted by molar-refractivity contribution is -0.156. The normalized spacial score (nSPS) is 13.4. The number of benzene rings is 2. The number of rotatable bonds is 8. The second-order valence-electron chi connectivity index (χ2n) is 6.08. The van der Waals surface area contributed by atoms with Crippen LogP contribution in [0.25, 0.3) is 0 Å². The van der Waals surface area contributed by atoms with Crippen LogP contribution >= 0.6 is 11.6 Å². The van der Waals surface area contributed by atoms with E-state index >= 15 is 0 Å². The molecule has 0 saturated heterocycles. The summed E-state index contributed by atoms with van der Waals surface area (Å²) in [4.78, 5) is 24.2. The number of sulfonamides is 1. The van der Waals surface area contributed by atoms with Gasteiger partial charge in [-0.3, -0.25) is 9.59 Å². The van der Waals surface area contributed by atoms with E-state index in [9.17, 15) is 18.0 Å². The lowest BCUT2D eigenvalue weighted by atomic mass is 10.2. The molecule has 0 aliphatic rings. The Morgan fingerprint density at radius 3 is 2.25 bits per heavy atom. The lowest BCUT2D eigenvalue weighted by Gasteiger charge is -2.17. The SMILES string of the molecule is CC(OC(=O)[C@H](C)NS(=O)(=O)c1ccc(Cl)cc1)C(=O)NCc1ccccc1. The minimum absolute atomic E-state index is 0.0368. The molecule has 9 heteroatoms. The Morgan fingerprint density at radius 2 is 1.64 bits per heavy atom. The highest BCUT2D eigenvalue weighted by atomic mass is 35.5. The molecule has 2 rings (SSSR count). The van der Waals surface area contributed by atoms with Gasteiger partial charge in [0.1, 0.15) is 6.04 Å². The highest BCUT2D eigenvalue weighted by Crippen LogP contribution is 2.14. The van der Waals surface area contributed by atoms with Gasteiger partial charge in [-0.05, 0) is 43.7 Å². The van der Waals surface area contributed by atoms with Crippen molar-refractivity contribution in [2.45, 2.75) is 37.4 Å². The van der Waals surface area contributed by atoms with E-state index < -0.39 is 34.0 Å². The zero-order valence-electron chi connectivity index (χ0n) is 15.4. The molecule has 2 N–H and O–H groups in total. The van der Waals surface area contributed by atoms with E-state index in [4.69, 9.17) is 16.3 Å². The fourth-order valence-electron chi connectivity index (χ4n) is 2.22. The van der Waals surface area contributed by atoms with Crippen molar-refractivity contribution in [1.29, 1.82) is 0 Å². The van der Waals surface area contributed by atoms with Crippen molar-refractivity contribution in [1.82, 2.24) is 10.0 Å². The van der Waals surface area contributed by atoms with Gasteiger partial charge in [0.05, 0.1) is 4.90 Å². The number of carbonyl (C=O) groups excluding carboxylic acids is 2. The number of amides is 1. The second-order valence-corrected chi connectivity index (χ2v) is 8.23. The van der Waals surface area contributed by atoms with Crippen LogP contribution in [0, 0.1) is 0 Å². The topological polar surface area (TPSA) is 102 Å². The molecule has 0 aromatic heterocycles. The molecule has 0 saturated carbocycles. The molecular formula is C19H21ClN2O5S. The Hall–Kier alpha value is -2.42. The van der Waals surface area contributed by atoms with Crippen LogP contribution in [0.4, 0.5) is 0 Å². The summed E-state index contributed by atoms with van der Waals surface area (Å²) in [7, 11) is -3.93. The Balaban J connectivity index is 1.88. The molecule has 2 aromatic rings. The molecule has 0 spiro atoms. The number of ether oxygens (including phenoxy) is 1. The van der Waals surface area contributed by atoms with Crippen molar-refractivity contribution >= 4 is 33.5 Å². The fourth-order valence-corrected chi connectivity index (χ4v) is 3.54. The summed E-state index contributed by atoms with van der Waals surface area (Å²) >= 11 is 5.74. The van der Waals surface area contributed by atoms with Crippen molar-refractivity contribution in [3.63, 3.8) is 0 Å². The van der Waals surface area contributed by atoms with Gasteiger partial charge in [0.15, 0.2) is 6.10 Å². The maximum absolute atomic E-state index is 12.3. The molecule has 1 amide bonds. The van der Waals surface area contributed by atoms with Gasteiger partial charge in [-0.25, -0.2) is 8.42 Å². The number of halogens is 1. The first kappa shape index (κ1) is 21.9. The lowest BCUT2D eigenvalue weighted by Crippen LogP contribution is -2.43. The number of nitrogens with one attached hydrogen (secondary N) is 2. The third-order valence-corrected chi connectivity index (χ3v) is 5.59. The summed E-state index contributed by atoms with van der Waals surface area (Å²) in [6.45, 7) is 3.04. The van der Waals surface area contributed by atoms with Gasteiger partial charge >= 0.3 is 5.97 Å². The van der Waals surface area contributed by atoms with Crippen molar-refractivity contribution in [2.75, 3.05) is 0 Å². The Bertz CT molecular complexity index is 917. The first-order valence-corrected chi connectivity index (χ1v) is 10.3. The first-order valence-electron chi connectivity index (χ1n) is 8.49. The standard InChI is InChI=1S/C19H21ClN2O5S/c1-13(22-28(25,26)17-10-8-16(20)9-11-17)19(24)27-14(2)18(23)21-12-15-6-4-3-5-7-15/h3-11,13-14,22H,12H2,1-2H3,(H,21,23)/t13-,14?/m0/s1. The van der Waals surface area contributed by atoms with E-state index in [-0.39, 0.29) is 4.90 Å². The number of hydrogen-bond acceptors (Lipinski definition) is 5. The third kappa shape index (κ3) is 6.33. The highest BCUT2D eigenvalue weighted by Gasteiger charge is 2.26. The Morgan fingerprint density at radius 1 is 1.04 bits per heavy atom. The molecule has 28 heavy (non-hydrogen) atoms. The molecule has 2 aromatic carbocycles. The van der Waals surface area contributed by atoms with Crippen molar-refractivity contribution in [3.05, 3.63) is 65.2 Å². The Kier molecular flexibility index (Phi) is 7.56. The summed E-state index contributed by atoms with van der Waals surface area (Å²) in [5.74, 6) is -1.34. The molecule has 0 bridgehead atoms. The maximum Gasteiger partial charge on any atom is 0.324 e. The predicted octanol–water partition coefficient (Wildman–Crippen LogP) is 2.25. The van der Waals surface area contributed by atoms with Gasteiger partial charge in [-0.2, -0.15) is 4.72 Å². The fraction of sp³-hybridized carbons (Fsp3) is 0.263. The summed E-state index contributed by atoms with van der Waals surface area (Å²) in [5.41, 5.74) is 0.901. The van der Waals surface area contributed by atoms with Crippen molar-refractivity contribution in [2.24, 2.45) is 0 Å². The molecule has 150 valence electrons. The zero-order chi connectivity index (χ0) is 20.7. The summed E-state index contributed by atoms with van der Waals surface area (Å²) in [6, 6.07) is 13.6. The van der Waals surface area contributed by atoms with Gasteiger partial charge in [0.25, 0.3) is 5.91 Å². The average Bonchev–Trinajstić information content (AvgIpc) is 2.66. The summed E-state index contributed by atoms with van der Waals surface area (Å²) in [5, 5.41) is 3.05. The number of esters is 1. The summed E-state index contributed by atoms with van der Waals surface area (Å²) < 4.78 is 31.9. The van der Waals surface area contributed by atoms with E-state index in [1.807, 2.05) is 30.3 Å². The molecule has 0 aliphatic carbocycles. The van der Waals surface area contributed by atoms with Crippen LogP contribution in [0.3, 0.4) is 0 Å². The molecule has 0 fully saturated rings. The number of hydrogen-bond donors (Lipinski definition) is 2. The molecule has 1 unspecified atom stereocenters. The van der Waals surface area contributed by atoms with Crippen LogP contribution in [0.2, 0.25) is 5.02 Å². The van der Waals surface area contributed by atoms with Crippen LogP contribution < -0.4 is 10.0 Å². The van der Waals surface area contributed by atoms with E-state index in [1.54, 1.807) is 0 Å². The largest absolute Gasteiger partial charge is 0.451 e. The van der Waals surface area contributed by atoms with Crippen LogP contribution in [-0.4, -0.2) is 32.4 Å². The van der Waals surface area contributed by atoms with Gasteiger partial charge < -0.3 is 10.1 Å². The Labute approximate surface area is 169 Å². The van der Waals surface area contributed by atoms with Crippen molar-refractivity contribution < 1.29 is 22.7 Å². The molecule has 0 heterocycles. The van der Waals surface area contributed by atoms with Crippen LogP contribution in [0.15, 0.2) is 59.5 Å². The summed E-state index contributed by atoms with van der Waals surface area (Å²) in [6.07, 6.45) is -1.07. The number of carbonyl (C=O) groups is 2. The first-order chi connectivity index (χ1) is 13.2. The van der Waals surface area contributed by atoms with Crippen LogP contribution in [0.5, 0.6) is 0 Å². The van der Waals surface area contributed by atoms with Crippen LogP contribution in [0.1, 0.15) is 19.4 Å². The van der Waals surface area contributed by atoms with E-state index in [0.717, 1.165) is 5.56 Å². The predicted molar refractivity (Wildman–Crippen MR) is 105 cm³/mol. The van der Waals surface area contributed by atoms with Gasteiger partial charge in [-0.1, -0.05) is 41.9 Å². The molecule has 2 atom stereocenters. The van der Waals surface area contributed by atoms with Crippen molar-refractivity contribution in [3.8, 4) is 0 Å². The van der Waals surface area contributed by atoms with Gasteiger partial charge in [0.2, 0.25) is 10.0 Å².